The first-order valence-electron chi connectivity index (χ1n) is 3.32. The van der Waals surface area contributed by atoms with Crippen LogP contribution >= 0.6 is 12.4 Å². The van der Waals surface area contributed by atoms with Gasteiger partial charge in [-0.05, 0) is 0 Å². The van der Waals surface area contributed by atoms with Crippen molar-refractivity contribution in [3.05, 3.63) is 0 Å². The van der Waals surface area contributed by atoms with Crippen molar-refractivity contribution in [2.45, 2.75) is 34.9 Å². The molecule has 0 aliphatic heterocycles. The molecule has 2 N–H and O–H groups in total. The third kappa shape index (κ3) is 3.13. The monoisotopic (exact) mass is 295 g/mol. The average Bonchev–Trinajstić information content (AvgIpc) is 1.80. The maximum absolute atomic E-state index is 5.77. The number of hydrogen-bond acceptors (Lipinski definition) is 1. The van der Waals surface area contributed by atoms with Gasteiger partial charge in [-0.2, -0.15) is 0 Å². The SMILES string of the molecule is Cl.NC1CCC([SeH])C([SeH])C1. The van der Waals surface area contributed by atoms with E-state index in [9.17, 15) is 0 Å². The summed E-state index contributed by atoms with van der Waals surface area (Å²) in [5, 5.41) is 0. The van der Waals surface area contributed by atoms with Crippen LogP contribution < -0.4 is 5.73 Å². The summed E-state index contributed by atoms with van der Waals surface area (Å²) in [7, 11) is 0. The fourth-order valence-corrected chi connectivity index (χ4v) is 2.61. The van der Waals surface area contributed by atoms with E-state index in [1.807, 2.05) is 0 Å². The number of hydrogen-bond donors (Lipinski definition) is 1. The van der Waals surface area contributed by atoms with Crippen molar-refractivity contribution in [2.24, 2.45) is 5.73 Å². The molecule has 4 heteroatoms. The molecule has 0 aromatic heterocycles. The second kappa shape index (κ2) is 5.03. The summed E-state index contributed by atoms with van der Waals surface area (Å²) in [6, 6.07) is 0.471. The molecule has 0 spiro atoms. The molecule has 0 aromatic rings. The Morgan fingerprint density at radius 3 is 2.10 bits per heavy atom. The third-order valence-corrected chi connectivity index (χ3v) is 5.42. The van der Waals surface area contributed by atoms with E-state index in [1.165, 1.54) is 19.3 Å². The van der Waals surface area contributed by atoms with Crippen molar-refractivity contribution in [2.75, 3.05) is 0 Å². The average molecular weight is 294 g/mol. The summed E-state index contributed by atoms with van der Waals surface area (Å²) >= 11 is 5.47. The molecule has 3 atom stereocenters. The van der Waals surface area contributed by atoms with Crippen molar-refractivity contribution in [3.63, 3.8) is 0 Å². The molecule has 1 rings (SSSR count). The van der Waals surface area contributed by atoms with E-state index >= 15 is 0 Å². The molecule has 0 radical (unpaired) electrons. The maximum atomic E-state index is 5.77. The van der Waals surface area contributed by atoms with E-state index < -0.39 is 0 Å². The molecule has 3 unspecified atom stereocenters. The summed E-state index contributed by atoms with van der Waals surface area (Å²) in [5.74, 6) is 0. The van der Waals surface area contributed by atoms with Gasteiger partial charge in [0.25, 0.3) is 0 Å². The molecule has 1 aliphatic carbocycles. The van der Waals surface area contributed by atoms with Gasteiger partial charge in [-0.15, -0.1) is 12.4 Å². The Morgan fingerprint density at radius 2 is 1.70 bits per heavy atom. The van der Waals surface area contributed by atoms with Gasteiger partial charge in [0.2, 0.25) is 0 Å². The van der Waals surface area contributed by atoms with Gasteiger partial charge in [0, 0.05) is 0 Å². The Labute approximate surface area is 84.9 Å². The molecule has 1 nitrogen and oxygen atoms in total. The fraction of sp³-hybridized carbons (Fsp3) is 1.00. The Bertz CT molecular complexity index is 102. The molecule has 0 heterocycles. The van der Waals surface area contributed by atoms with Crippen LogP contribution in [0.4, 0.5) is 0 Å². The number of halogens is 1. The van der Waals surface area contributed by atoms with Gasteiger partial charge < -0.3 is 0 Å². The van der Waals surface area contributed by atoms with Crippen molar-refractivity contribution >= 4 is 44.4 Å². The molecule has 1 aliphatic rings. The Morgan fingerprint density at radius 1 is 1.10 bits per heavy atom. The molecule has 10 heavy (non-hydrogen) atoms. The topological polar surface area (TPSA) is 26.0 Å². The van der Waals surface area contributed by atoms with Gasteiger partial charge in [0.15, 0.2) is 0 Å². The summed E-state index contributed by atoms with van der Waals surface area (Å²) in [5.41, 5.74) is 5.77. The van der Waals surface area contributed by atoms with E-state index in [1.54, 1.807) is 0 Å². The van der Waals surface area contributed by atoms with E-state index in [2.05, 4.69) is 32.0 Å². The van der Waals surface area contributed by atoms with E-state index in [4.69, 9.17) is 5.73 Å². The molecule has 0 bridgehead atoms. The zero-order valence-electron chi connectivity index (χ0n) is 5.73. The van der Waals surface area contributed by atoms with E-state index in [0.29, 0.717) is 6.04 Å². The Kier molecular flexibility index (Phi) is 5.68. The van der Waals surface area contributed by atoms with Crippen molar-refractivity contribution < 1.29 is 0 Å². The van der Waals surface area contributed by atoms with E-state index in [-0.39, 0.29) is 12.4 Å². The first kappa shape index (κ1) is 11.3. The van der Waals surface area contributed by atoms with Crippen LogP contribution in [0.2, 0.25) is 9.63 Å². The molecular weight excluding hydrogens is 279 g/mol. The van der Waals surface area contributed by atoms with Gasteiger partial charge in [-0.25, -0.2) is 0 Å². The summed E-state index contributed by atoms with van der Waals surface area (Å²) in [6.07, 6.45) is 3.70. The quantitative estimate of drug-likeness (QED) is 0.639. The van der Waals surface area contributed by atoms with Gasteiger partial charge in [0.1, 0.15) is 0 Å². The van der Waals surface area contributed by atoms with Crippen molar-refractivity contribution in [1.29, 1.82) is 0 Å². The molecule has 1 fully saturated rings. The zero-order chi connectivity index (χ0) is 6.85. The van der Waals surface area contributed by atoms with Crippen LogP contribution in [0.5, 0.6) is 0 Å². The molecule has 0 aromatic carbocycles. The van der Waals surface area contributed by atoms with E-state index in [0.717, 1.165) is 9.63 Å². The van der Waals surface area contributed by atoms with Crippen LogP contribution in [-0.2, 0) is 0 Å². The van der Waals surface area contributed by atoms with Crippen LogP contribution in [0.25, 0.3) is 0 Å². The van der Waals surface area contributed by atoms with Gasteiger partial charge in [0.05, 0.1) is 0 Å². The first-order valence-corrected chi connectivity index (χ1v) is 5.48. The number of rotatable bonds is 0. The van der Waals surface area contributed by atoms with Crippen LogP contribution in [0.3, 0.4) is 0 Å². The molecule has 1 saturated carbocycles. The minimum atomic E-state index is 0. The summed E-state index contributed by atoms with van der Waals surface area (Å²) in [4.78, 5) is 1.58. The van der Waals surface area contributed by atoms with Crippen LogP contribution in [0.1, 0.15) is 19.3 Å². The molecule has 62 valence electrons. The second-order valence-corrected chi connectivity index (χ2v) is 5.49. The third-order valence-electron chi connectivity index (χ3n) is 1.82. The normalized spacial score (nSPS) is 40.5. The van der Waals surface area contributed by atoms with Crippen LogP contribution in [-0.4, -0.2) is 38.1 Å². The predicted octanol–water partition coefficient (Wildman–Crippen LogP) is 0.298. The molecule has 0 amide bonds. The second-order valence-electron chi connectivity index (χ2n) is 2.71. The minimum absolute atomic E-state index is 0. The summed E-state index contributed by atoms with van der Waals surface area (Å²) < 4.78 is 0. The van der Waals surface area contributed by atoms with Crippen molar-refractivity contribution in [3.8, 4) is 0 Å². The van der Waals surface area contributed by atoms with Crippen LogP contribution in [0, 0.1) is 0 Å². The van der Waals surface area contributed by atoms with Gasteiger partial charge >= 0.3 is 72.7 Å². The molecule has 0 saturated heterocycles. The molecular formula is C6H14ClNSe2. The number of nitrogens with two attached hydrogens (primary N) is 1. The van der Waals surface area contributed by atoms with Crippen molar-refractivity contribution in [1.82, 2.24) is 0 Å². The first-order chi connectivity index (χ1) is 4.20. The Balaban J connectivity index is 0.000000810. The standard InChI is InChI=1S/C6H13NSe2.ClH/c7-4-1-2-5(8)6(9)3-4;/h4-6,8-9H,1-3,7H2;1H. The predicted molar refractivity (Wildman–Crippen MR) is 50.9 cm³/mol. The van der Waals surface area contributed by atoms with Gasteiger partial charge in [-0.1, -0.05) is 0 Å². The van der Waals surface area contributed by atoms with Gasteiger partial charge in [-0.3, -0.25) is 0 Å². The fourth-order valence-electron chi connectivity index (χ4n) is 1.16. The van der Waals surface area contributed by atoms with Crippen LogP contribution in [0.15, 0.2) is 0 Å². The zero-order valence-corrected chi connectivity index (χ0v) is 10.3. The summed E-state index contributed by atoms with van der Waals surface area (Å²) in [6.45, 7) is 0. The Hall–Kier alpha value is 1.29.